The van der Waals surface area contributed by atoms with Gasteiger partial charge in [-0.3, -0.25) is 9.78 Å². The van der Waals surface area contributed by atoms with Gasteiger partial charge in [0.05, 0.1) is 11.1 Å². The quantitative estimate of drug-likeness (QED) is 0.891. The van der Waals surface area contributed by atoms with Crippen LogP contribution in [0.3, 0.4) is 0 Å². The SMILES string of the molecule is O=C(O)c1cnccc1C(=O)NCc1ccc(F)cc1. The number of pyridine rings is 1. The Balaban J connectivity index is 2.09. The number of hydrogen-bond donors (Lipinski definition) is 2. The molecule has 0 aliphatic rings. The Hall–Kier alpha value is -2.76. The van der Waals surface area contributed by atoms with Crippen LogP contribution in [-0.4, -0.2) is 22.0 Å². The summed E-state index contributed by atoms with van der Waals surface area (Å²) >= 11 is 0. The lowest BCUT2D eigenvalue weighted by atomic mass is 10.1. The third-order valence-electron chi connectivity index (χ3n) is 2.66. The van der Waals surface area contributed by atoms with Crippen molar-refractivity contribution in [2.45, 2.75) is 6.54 Å². The third kappa shape index (κ3) is 3.17. The first-order valence-electron chi connectivity index (χ1n) is 5.78. The first-order valence-corrected chi connectivity index (χ1v) is 5.78. The molecule has 2 rings (SSSR count). The maximum atomic E-state index is 12.7. The number of aromatic nitrogens is 1. The number of amides is 1. The number of nitrogens with one attached hydrogen (secondary N) is 1. The van der Waals surface area contributed by atoms with E-state index in [0.717, 1.165) is 6.20 Å². The summed E-state index contributed by atoms with van der Waals surface area (Å²) < 4.78 is 12.7. The first kappa shape index (κ1) is 13.7. The lowest BCUT2D eigenvalue weighted by Crippen LogP contribution is -2.25. The first-order chi connectivity index (χ1) is 9.58. The molecule has 0 aliphatic heterocycles. The second-order valence-corrected chi connectivity index (χ2v) is 4.04. The Morgan fingerprint density at radius 3 is 2.50 bits per heavy atom. The fourth-order valence-corrected chi connectivity index (χ4v) is 1.64. The molecular formula is C14H11FN2O3. The zero-order valence-electron chi connectivity index (χ0n) is 10.3. The predicted octanol–water partition coefficient (Wildman–Crippen LogP) is 1.85. The summed E-state index contributed by atoms with van der Waals surface area (Å²) in [4.78, 5) is 26.6. The third-order valence-corrected chi connectivity index (χ3v) is 2.66. The molecule has 0 radical (unpaired) electrons. The van der Waals surface area contributed by atoms with Gasteiger partial charge in [0, 0.05) is 18.9 Å². The number of halogens is 1. The van der Waals surface area contributed by atoms with Crippen LogP contribution in [-0.2, 0) is 6.54 Å². The van der Waals surface area contributed by atoms with E-state index in [9.17, 15) is 14.0 Å². The normalized spacial score (nSPS) is 10.1. The maximum absolute atomic E-state index is 12.7. The summed E-state index contributed by atoms with van der Waals surface area (Å²) in [5, 5.41) is 11.5. The second kappa shape index (κ2) is 5.92. The summed E-state index contributed by atoms with van der Waals surface area (Å²) in [5.41, 5.74) is 0.587. The van der Waals surface area contributed by atoms with Crippen LogP contribution < -0.4 is 5.32 Å². The molecule has 1 amide bonds. The molecule has 0 fully saturated rings. The lowest BCUT2D eigenvalue weighted by molar-refractivity contribution is 0.0690. The van der Waals surface area contributed by atoms with Crippen LogP contribution in [0.1, 0.15) is 26.3 Å². The van der Waals surface area contributed by atoms with Crippen molar-refractivity contribution >= 4 is 11.9 Å². The van der Waals surface area contributed by atoms with Gasteiger partial charge in [0.25, 0.3) is 5.91 Å². The van der Waals surface area contributed by atoms with Crippen molar-refractivity contribution in [1.82, 2.24) is 10.3 Å². The Morgan fingerprint density at radius 2 is 1.85 bits per heavy atom. The van der Waals surface area contributed by atoms with E-state index in [2.05, 4.69) is 10.3 Å². The number of aromatic carboxylic acids is 1. The minimum atomic E-state index is -1.22. The van der Waals surface area contributed by atoms with Gasteiger partial charge in [-0.05, 0) is 23.8 Å². The molecule has 2 aromatic rings. The van der Waals surface area contributed by atoms with Crippen LogP contribution >= 0.6 is 0 Å². The number of rotatable bonds is 4. The predicted molar refractivity (Wildman–Crippen MR) is 68.8 cm³/mol. The largest absolute Gasteiger partial charge is 0.478 e. The number of carbonyl (C=O) groups is 2. The minimum absolute atomic E-state index is 0.0367. The van der Waals surface area contributed by atoms with Gasteiger partial charge in [-0.25, -0.2) is 9.18 Å². The molecule has 1 aromatic carbocycles. The van der Waals surface area contributed by atoms with Crippen LogP contribution in [0.2, 0.25) is 0 Å². The Morgan fingerprint density at radius 1 is 1.15 bits per heavy atom. The number of nitrogens with zero attached hydrogens (tertiary/aromatic N) is 1. The van der Waals surface area contributed by atoms with Crippen LogP contribution in [0.25, 0.3) is 0 Å². The van der Waals surface area contributed by atoms with Crippen LogP contribution in [0.15, 0.2) is 42.7 Å². The number of carbonyl (C=O) groups excluding carboxylic acids is 1. The zero-order valence-corrected chi connectivity index (χ0v) is 10.3. The van der Waals surface area contributed by atoms with E-state index in [1.807, 2.05) is 0 Å². The van der Waals surface area contributed by atoms with Gasteiger partial charge in [0.1, 0.15) is 5.82 Å². The van der Waals surface area contributed by atoms with Crippen molar-refractivity contribution in [1.29, 1.82) is 0 Å². The average Bonchev–Trinajstić information content (AvgIpc) is 2.46. The molecule has 1 heterocycles. The van der Waals surface area contributed by atoms with E-state index < -0.39 is 11.9 Å². The van der Waals surface area contributed by atoms with E-state index in [1.54, 1.807) is 12.1 Å². The Bertz CT molecular complexity index is 641. The molecule has 0 saturated heterocycles. The topological polar surface area (TPSA) is 79.3 Å². The number of carboxylic acids is 1. The van der Waals surface area contributed by atoms with Crippen LogP contribution in [0.5, 0.6) is 0 Å². The van der Waals surface area contributed by atoms with Crippen molar-refractivity contribution in [2.24, 2.45) is 0 Å². The number of hydrogen-bond acceptors (Lipinski definition) is 3. The van der Waals surface area contributed by atoms with Crippen molar-refractivity contribution in [3.8, 4) is 0 Å². The van der Waals surface area contributed by atoms with E-state index >= 15 is 0 Å². The molecule has 0 saturated carbocycles. The zero-order chi connectivity index (χ0) is 14.5. The van der Waals surface area contributed by atoms with Gasteiger partial charge < -0.3 is 10.4 Å². The Labute approximate surface area is 114 Å². The molecular weight excluding hydrogens is 263 g/mol. The molecule has 0 atom stereocenters. The summed E-state index contributed by atoms with van der Waals surface area (Å²) in [6.45, 7) is 0.181. The highest BCUT2D eigenvalue weighted by molar-refractivity contribution is 6.04. The standard InChI is InChI=1S/C14H11FN2O3/c15-10-3-1-9(2-4-10)7-17-13(18)11-5-6-16-8-12(11)14(19)20/h1-6,8H,7H2,(H,17,18)(H,19,20). The molecule has 20 heavy (non-hydrogen) atoms. The molecule has 2 N–H and O–H groups in total. The maximum Gasteiger partial charge on any atom is 0.338 e. The number of benzene rings is 1. The van der Waals surface area contributed by atoms with Crippen molar-refractivity contribution < 1.29 is 19.1 Å². The van der Waals surface area contributed by atoms with Gasteiger partial charge in [-0.15, -0.1) is 0 Å². The van der Waals surface area contributed by atoms with Gasteiger partial charge in [-0.1, -0.05) is 12.1 Å². The molecule has 0 unspecified atom stereocenters. The van der Waals surface area contributed by atoms with E-state index in [4.69, 9.17) is 5.11 Å². The van der Waals surface area contributed by atoms with E-state index in [1.165, 1.54) is 24.4 Å². The van der Waals surface area contributed by atoms with Gasteiger partial charge in [-0.2, -0.15) is 0 Å². The lowest BCUT2D eigenvalue weighted by Gasteiger charge is -2.07. The fraction of sp³-hybridized carbons (Fsp3) is 0.0714. The molecule has 0 bridgehead atoms. The molecule has 0 spiro atoms. The fourth-order valence-electron chi connectivity index (χ4n) is 1.64. The number of carboxylic acid groups (broad SMARTS) is 1. The van der Waals surface area contributed by atoms with E-state index in [0.29, 0.717) is 5.56 Å². The summed E-state index contributed by atoms with van der Waals surface area (Å²) in [5.74, 6) is -2.10. The molecule has 102 valence electrons. The molecule has 0 aliphatic carbocycles. The van der Waals surface area contributed by atoms with Crippen molar-refractivity contribution in [3.63, 3.8) is 0 Å². The molecule has 1 aromatic heterocycles. The van der Waals surface area contributed by atoms with Crippen LogP contribution in [0.4, 0.5) is 4.39 Å². The molecule has 5 nitrogen and oxygen atoms in total. The van der Waals surface area contributed by atoms with Crippen molar-refractivity contribution in [2.75, 3.05) is 0 Å². The highest BCUT2D eigenvalue weighted by Gasteiger charge is 2.15. The average molecular weight is 274 g/mol. The monoisotopic (exact) mass is 274 g/mol. The second-order valence-electron chi connectivity index (χ2n) is 4.04. The smallest absolute Gasteiger partial charge is 0.338 e. The van der Waals surface area contributed by atoms with Crippen LogP contribution in [0, 0.1) is 5.82 Å². The minimum Gasteiger partial charge on any atom is -0.478 e. The highest BCUT2D eigenvalue weighted by atomic mass is 19.1. The highest BCUT2D eigenvalue weighted by Crippen LogP contribution is 2.08. The van der Waals surface area contributed by atoms with Gasteiger partial charge in [0.15, 0.2) is 0 Å². The summed E-state index contributed by atoms with van der Waals surface area (Å²) in [6, 6.07) is 7.00. The van der Waals surface area contributed by atoms with E-state index in [-0.39, 0.29) is 23.5 Å². The molecule has 6 heteroatoms. The Kier molecular flexibility index (Phi) is 4.05. The van der Waals surface area contributed by atoms with Crippen molar-refractivity contribution in [3.05, 3.63) is 65.2 Å². The summed E-state index contributed by atoms with van der Waals surface area (Å²) in [7, 11) is 0. The van der Waals surface area contributed by atoms with Gasteiger partial charge in [0.2, 0.25) is 0 Å². The van der Waals surface area contributed by atoms with Gasteiger partial charge >= 0.3 is 5.97 Å². The summed E-state index contributed by atoms with van der Waals surface area (Å²) in [6.07, 6.45) is 2.47.